The molecule has 0 unspecified atom stereocenters. The zero-order chi connectivity index (χ0) is 57.7. The van der Waals surface area contributed by atoms with Gasteiger partial charge in [-0.3, -0.25) is 14.4 Å². The second kappa shape index (κ2) is 27.2. The average Bonchev–Trinajstić information content (AvgIpc) is 3.51. The van der Waals surface area contributed by atoms with E-state index in [1.54, 1.807) is 91.0 Å². The van der Waals surface area contributed by atoms with Crippen LogP contribution in [0.3, 0.4) is 0 Å². The van der Waals surface area contributed by atoms with Crippen LogP contribution in [0.1, 0.15) is 86.4 Å². The number of benzene rings is 5. The standard InChI is InChI=1S/C59H58O22/c1-32-43(75-52(63)37-21-11-6-12-22-37)46(77-54(65)39-25-15-8-16-26-39)50(78-55(66)40-27-17-9-18-28-40)58(70-32)80-47-44(76-53(64)38-23-13-7-14-24-38)33(2)71-59(51(47)79-56(67)41-29-19-10-20-30-41)81-49-48(73-36(5)62)45(72-35(4)61)42(74-57(49)68)31-69-34(3)60/h6-30,32-33,42-51,57-59,68H,31H2,1-5H3/t32-,33-,42+,43-,44-,45-,46+,47+,48-,49+,50+,51+,57-,58-,59-/m0/s1. The summed E-state index contributed by atoms with van der Waals surface area (Å²) in [4.78, 5) is 109. The monoisotopic (exact) mass is 1120 g/mol. The second-order valence-electron chi connectivity index (χ2n) is 18.8. The van der Waals surface area contributed by atoms with Crippen LogP contribution in [0.25, 0.3) is 0 Å². The van der Waals surface area contributed by atoms with Gasteiger partial charge in [0.15, 0.2) is 67.7 Å². The Bertz CT molecular complexity index is 2960. The lowest BCUT2D eigenvalue weighted by Crippen LogP contribution is -2.68. The molecule has 0 bridgehead atoms. The van der Waals surface area contributed by atoms with Gasteiger partial charge in [0.05, 0.1) is 40.0 Å². The molecule has 3 fully saturated rings. The van der Waals surface area contributed by atoms with Crippen molar-refractivity contribution in [3.05, 3.63) is 179 Å². The number of rotatable bonds is 18. The van der Waals surface area contributed by atoms with Gasteiger partial charge in [-0.25, -0.2) is 24.0 Å². The van der Waals surface area contributed by atoms with Crippen LogP contribution in [0.5, 0.6) is 0 Å². The van der Waals surface area contributed by atoms with E-state index in [2.05, 4.69) is 0 Å². The Hall–Kier alpha value is -8.38. The molecule has 3 aliphatic rings. The van der Waals surface area contributed by atoms with Crippen molar-refractivity contribution < 1.29 is 105 Å². The van der Waals surface area contributed by atoms with E-state index < -0.39 is 146 Å². The van der Waals surface area contributed by atoms with Crippen LogP contribution in [-0.4, -0.2) is 152 Å². The molecule has 0 aliphatic carbocycles. The Morgan fingerprint density at radius 2 is 0.654 bits per heavy atom. The first-order valence-electron chi connectivity index (χ1n) is 25.7. The van der Waals surface area contributed by atoms with E-state index in [-0.39, 0.29) is 27.8 Å². The summed E-state index contributed by atoms with van der Waals surface area (Å²) in [7, 11) is 0. The van der Waals surface area contributed by atoms with Crippen molar-refractivity contribution in [3.63, 3.8) is 0 Å². The number of hydrogen-bond donors (Lipinski definition) is 1. The van der Waals surface area contributed by atoms with Gasteiger partial charge in [0.25, 0.3) is 0 Å². The predicted octanol–water partition coefficient (Wildman–Crippen LogP) is 5.52. The molecule has 0 saturated carbocycles. The van der Waals surface area contributed by atoms with Gasteiger partial charge >= 0.3 is 47.8 Å². The van der Waals surface area contributed by atoms with Gasteiger partial charge in [0.1, 0.15) is 18.8 Å². The molecule has 0 amide bonds. The van der Waals surface area contributed by atoms with Crippen LogP contribution in [0.2, 0.25) is 0 Å². The minimum absolute atomic E-state index is 0.0103. The van der Waals surface area contributed by atoms with Crippen molar-refractivity contribution in [2.45, 2.75) is 127 Å². The predicted molar refractivity (Wildman–Crippen MR) is 275 cm³/mol. The van der Waals surface area contributed by atoms with Crippen molar-refractivity contribution in [2.75, 3.05) is 6.61 Å². The first-order valence-corrected chi connectivity index (χ1v) is 25.7. The van der Waals surface area contributed by atoms with Crippen LogP contribution >= 0.6 is 0 Å². The molecule has 5 aromatic rings. The van der Waals surface area contributed by atoms with Crippen LogP contribution in [0, 0.1) is 0 Å². The normalized spacial score (nSPS) is 27.9. The van der Waals surface area contributed by atoms with Gasteiger partial charge in [-0.1, -0.05) is 91.0 Å². The Balaban J connectivity index is 1.26. The molecule has 15 atom stereocenters. The quantitative estimate of drug-likeness (QED) is 0.0835. The molecule has 426 valence electrons. The number of aliphatic hydroxyl groups excluding tert-OH is 1. The highest BCUT2D eigenvalue weighted by Crippen LogP contribution is 2.39. The lowest BCUT2D eigenvalue weighted by atomic mass is 9.95. The number of aliphatic hydroxyl groups is 1. The van der Waals surface area contributed by atoms with E-state index in [0.29, 0.717) is 0 Å². The molecule has 22 nitrogen and oxygen atoms in total. The molecule has 22 heteroatoms. The SMILES string of the molecule is CC(=O)OC[C@H]1O[C@H](O)[C@H](O[C@@H]2O[C@@H](C)[C@H](OC(=O)c3ccccc3)[C@@H](O[C@@H]3O[C@@H](C)[C@H](OC(=O)c4ccccc4)[C@@H](OC(=O)c4ccccc4)[C@H]3OC(=O)c3ccccc3)[C@H]2OC(=O)c2ccccc2)[C@@H](OC(C)=O)[C@H]1OC(C)=O. The van der Waals surface area contributed by atoms with E-state index >= 15 is 0 Å². The number of ether oxygens (including phenoxy) is 13. The summed E-state index contributed by atoms with van der Waals surface area (Å²) >= 11 is 0. The summed E-state index contributed by atoms with van der Waals surface area (Å²) in [6, 6.07) is 38.6. The molecule has 3 aliphatic heterocycles. The summed E-state index contributed by atoms with van der Waals surface area (Å²) in [5.74, 6) is -7.44. The Morgan fingerprint density at radius 1 is 0.358 bits per heavy atom. The Kier molecular flexibility index (Phi) is 19.7. The lowest BCUT2D eigenvalue weighted by molar-refractivity contribution is -0.376. The third-order valence-corrected chi connectivity index (χ3v) is 13.0. The van der Waals surface area contributed by atoms with Gasteiger partial charge in [-0.05, 0) is 74.5 Å². The van der Waals surface area contributed by atoms with E-state index in [4.69, 9.17) is 61.6 Å². The molecule has 0 spiro atoms. The van der Waals surface area contributed by atoms with Gasteiger partial charge in [-0.15, -0.1) is 0 Å². The fourth-order valence-electron chi connectivity index (χ4n) is 9.20. The van der Waals surface area contributed by atoms with E-state index in [1.165, 1.54) is 74.5 Å². The lowest BCUT2D eigenvalue weighted by Gasteiger charge is -2.50. The highest BCUT2D eigenvalue weighted by molar-refractivity contribution is 5.92. The number of carbonyl (C=O) groups is 8. The Morgan fingerprint density at radius 3 is 1.01 bits per heavy atom. The molecule has 0 radical (unpaired) electrons. The molecular formula is C59H58O22. The third kappa shape index (κ3) is 14.9. The molecule has 3 heterocycles. The van der Waals surface area contributed by atoms with Crippen LogP contribution < -0.4 is 0 Å². The average molecular weight is 1120 g/mol. The highest BCUT2D eigenvalue weighted by Gasteiger charge is 2.59. The van der Waals surface area contributed by atoms with Gasteiger partial charge in [0, 0.05) is 20.8 Å². The van der Waals surface area contributed by atoms with Crippen LogP contribution in [0.4, 0.5) is 0 Å². The largest absolute Gasteiger partial charge is 0.463 e. The minimum atomic E-state index is -2.11. The highest BCUT2D eigenvalue weighted by atomic mass is 16.8. The van der Waals surface area contributed by atoms with E-state index in [1.807, 2.05) is 0 Å². The van der Waals surface area contributed by atoms with Gasteiger partial charge in [-0.2, -0.15) is 0 Å². The molecular weight excluding hydrogens is 1060 g/mol. The fraction of sp³-hybridized carbons (Fsp3) is 0.356. The maximum absolute atomic E-state index is 14.5. The molecule has 0 aromatic heterocycles. The first kappa shape index (κ1) is 58.8. The molecule has 81 heavy (non-hydrogen) atoms. The van der Waals surface area contributed by atoms with Crippen molar-refractivity contribution in [1.82, 2.24) is 0 Å². The van der Waals surface area contributed by atoms with Crippen molar-refractivity contribution in [1.29, 1.82) is 0 Å². The summed E-state index contributed by atoms with van der Waals surface area (Å²) in [5, 5.41) is 11.8. The van der Waals surface area contributed by atoms with Crippen LogP contribution in [0.15, 0.2) is 152 Å². The smallest absolute Gasteiger partial charge is 0.338 e. The summed E-state index contributed by atoms with van der Waals surface area (Å²) in [5.41, 5.74) is 0.187. The van der Waals surface area contributed by atoms with Gasteiger partial charge < -0.3 is 66.7 Å². The third-order valence-electron chi connectivity index (χ3n) is 13.0. The van der Waals surface area contributed by atoms with E-state index in [9.17, 15) is 43.5 Å². The Labute approximate surface area is 464 Å². The number of hydrogen-bond acceptors (Lipinski definition) is 22. The topological polar surface area (TPSA) is 277 Å². The molecule has 1 N–H and O–H groups in total. The number of esters is 8. The minimum Gasteiger partial charge on any atom is -0.463 e. The molecule has 5 aromatic carbocycles. The maximum Gasteiger partial charge on any atom is 0.338 e. The summed E-state index contributed by atoms with van der Waals surface area (Å²) in [6.45, 7) is 5.45. The molecule has 8 rings (SSSR count). The van der Waals surface area contributed by atoms with Gasteiger partial charge in [0.2, 0.25) is 0 Å². The first-order chi connectivity index (χ1) is 38.9. The van der Waals surface area contributed by atoms with Crippen molar-refractivity contribution in [2.24, 2.45) is 0 Å². The fourth-order valence-corrected chi connectivity index (χ4v) is 9.20. The van der Waals surface area contributed by atoms with Crippen LogP contribution in [-0.2, 0) is 76.0 Å². The van der Waals surface area contributed by atoms with Crippen molar-refractivity contribution >= 4 is 47.8 Å². The zero-order valence-electron chi connectivity index (χ0n) is 44.3. The zero-order valence-corrected chi connectivity index (χ0v) is 44.3. The number of carbonyl (C=O) groups excluding carboxylic acids is 8. The maximum atomic E-state index is 14.5. The molecule has 3 saturated heterocycles. The van der Waals surface area contributed by atoms with E-state index in [0.717, 1.165) is 20.8 Å². The summed E-state index contributed by atoms with van der Waals surface area (Å²) in [6.07, 6.45) is -26.2. The van der Waals surface area contributed by atoms with Crippen molar-refractivity contribution in [3.8, 4) is 0 Å². The summed E-state index contributed by atoms with van der Waals surface area (Å²) < 4.78 is 79.6. The second-order valence-corrected chi connectivity index (χ2v) is 18.8.